The molecule has 52 heteroatoms. The molecule has 0 saturated carbocycles. The number of likely N-dealkylation sites (tertiary alicyclic amines) is 1. The second-order valence-electron chi connectivity index (χ2n) is 19.8. The third kappa shape index (κ3) is 90.6. The maximum absolute atomic E-state index is 10.7. The number of carboxylic acid groups (broad SMARTS) is 1. The minimum Gasteiger partial charge on any atom is -0.481 e. The van der Waals surface area contributed by atoms with Crippen LogP contribution in [0.3, 0.4) is 0 Å². The van der Waals surface area contributed by atoms with Crippen LogP contribution in [-0.2, 0) is 120 Å². The van der Waals surface area contributed by atoms with Gasteiger partial charge < -0.3 is 86.8 Å². The largest absolute Gasteiger partial charge is 1.00 e. The predicted molar refractivity (Wildman–Crippen MR) is 368 cm³/mol. The number of non-ortho nitro benzene ring substituents is 1. The number of carbonyl (C=O) groups is 17. The Balaban J connectivity index is -0.000000126. The number of aliphatic hydroxyl groups excluding tert-OH is 5. The van der Waals surface area contributed by atoms with E-state index >= 15 is 0 Å². The van der Waals surface area contributed by atoms with Gasteiger partial charge in [-0.25, -0.2) is 36.0 Å². The van der Waals surface area contributed by atoms with E-state index in [9.17, 15) is 104 Å². The number of nitrogens with two attached hydrogens (primary N) is 2. The Bertz CT molecular complexity index is 3120. The zero-order valence-electron chi connectivity index (χ0n) is 63.9. The van der Waals surface area contributed by atoms with Gasteiger partial charge in [0.2, 0.25) is 29.5 Å². The zero-order valence-corrected chi connectivity index (χ0v) is 70.8. The van der Waals surface area contributed by atoms with E-state index in [0.29, 0.717) is 40.9 Å². The molecule has 0 radical (unpaired) electrons. The Labute approximate surface area is 693 Å². The maximum atomic E-state index is 10.7. The number of benzene rings is 1. The molecule has 13 N–H and O–H groups in total. The van der Waals surface area contributed by atoms with E-state index < -0.39 is 122 Å². The van der Waals surface area contributed by atoms with E-state index in [4.69, 9.17) is 60.6 Å². The molecule has 4 saturated heterocycles. The number of ether oxygens (including phenoxy) is 2. The van der Waals surface area contributed by atoms with Crippen molar-refractivity contribution in [2.45, 2.75) is 133 Å². The fraction of sp³-hybridized carbons (Fsp3) is 0.550. The number of hydroxylamine groups is 6. The number of carbonyl (C=O) groups excluding carboxylic acids is 16. The molecule has 4 aliphatic rings. The predicted octanol–water partition coefficient (Wildman–Crippen LogP) is -14.1. The third-order valence-electron chi connectivity index (χ3n) is 10.0. The first-order chi connectivity index (χ1) is 51.0. The van der Waals surface area contributed by atoms with Crippen molar-refractivity contribution in [3.63, 3.8) is 0 Å². The molecule has 112 heavy (non-hydrogen) atoms. The van der Waals surface area contributed by atoms with Crippen LogP contribution in [0, 0.1) is 17.0 Å². The molecule has 1 aromatic rings. The topological polar surface area (TPSA) is 762 Å². The Hall–Kier alpha value is -8.28. The van der Waals surface area contributed by atoms with Crippen molar-refractivity contribution < 1.29 is 243 Å². The van der Waals surface area contributed by atoms with Gasteiger partial charge in [-0.05, 0) is 20.8 Å². The molecular weight excluding hydrogens is 1700 g/mol. The van der Waals surface area contributed by atoms with E-state index in [1.807, 2.05) is 6.92 Å². The monoisotopic (exact) mass is 1800 g/mol. The Morgan fingerprint density at radius 3 is 1.06 bits per heavy atom. The van der Waals surface area contributed by atoms with E-state index in [0.717, 1.165) is 44.1 Å². The second-order valence-corrected chi connectivity index (χ2v) is 26.1. The number of hydrogen-bond donors (Lipinski definition) is 11. The van der Waals surface area contributed by atoms with E-state index in [-0.39, 0.29) is 189 Å². The molecule has 4 aliphatic heterocycles. The van der Waals surface area contributed by atoms with Gasteiger partial charge in [0, 0.05) is 163 Å². The number of aliphatic carboxylic acids is 1. The van der Waals surface area contributed by atoms with Gasteiger partial charge in [0.1, 0.15) is 26.4 Å². The molecule has 1 aromatic carbocycles. The summed E-state index contributed by atoms with van der Waals surface area (Å²) in [6.07, 6.45) is 0.0298. The Morgan fingerprint density at radius 1 is 0.598 bits per heavy atom. The summed E-state index contributed by atoms with van der Waals surface area (Å²) in [5, 5.41) is 68.6. The number of aryl methyl sites for hydroxylation is 1. The number of carboxylic acids is 1. The number of hydrogen-bond acceptors (Lipinski definition) is 39. The normalized spacial score (nSPS) is 12.9. The number of methoxy groups -OCH3 is 1. The average molecular weight is 1800 g/mol. The van der Waals surface area contributed by atoms with Gasteiger partial charge in [-0.15, -0.1) is 15.2 Å². The number of amides is 11. The number of aliphatic hydroxyl groups is 5. The summed E-state index contributed by atoms with van der Waals surface area (Å²) in [7, 11) is -3.41. The van der Waals surface area contributed by atoms with Crippen LogP contribution in [0.4, 0.5) is 10.5 Å². The number of halogens is 1. The summed E-state index contributed by atoms with van der Waals surface area (Å²) in [5.74, 6) is -6.35. The van der Waals surface area contributed by atoms with Crippen LogP contribution < -0.4 is 113 Å². The molecule has 4 heterocycles. The third-order valence-corrected chi connectivity index (χ3v) is 12.6. The van der Waals surface area contributed by atoms with Gasteiger partial charge in [-0.3, -0.25) is 86.3 Å². The molecule has 0 aromatic heterocycles. The van der Waals surface area contributed by atoms with Crippen LogP contribution in [-0.4, -0.2) is 271 Å². The molecule has 2 unspecified atom stereocenters. The summed E-state index contributed by atoms with van der Waals surface area (Å²) in [5.41, 5.74) is 11.0. The minimum atomic E-state index is -5.94. The minimum absolute atomic E-state index is 0. The van der Waals surface area contributed by atoms with Gasteiger partial charge >= 0.3 is 75.4 Å². The van der Waals surface area contributed by atoms with E-state index in [1.54, 1.807) is 26.0 Å². The summed E-state index contributed by atoms with van der Waals surface area (Å²) in [4.78, 5) is 199. The molecule has 0 spiro atoms. The number of rotatable bonds is 19. The van der Waals surface area contributed by atoms with Crippen molar-refractivity contribution in [2.75, 3.05) is 84.8 Å². The van der Waals surface area contributed by atoms with Crippen LogP contribution in [0.15, 0.2) is 48.2 Å². The van der Waals surface area contributed by atoms with Crippen molar-refractivity contribution in [3.05, 3.63) is 63.9 Å². The maximum Gasteiger partial charge on any atom is 1.00 e. The molecule has 638 valence electrons. The standard InChI is InChI=1S/C7H7NO2.3C6H7NO4.C6H11NO3S.C5H11NO3.C5H7NO2.C4H9NO2S.C4H7NO2.C4H8O3.C3H9NO2.C2H4O2.C2H6O.IO4.K/c1-6-2-4-7(5-3-6)8(9)10;3*1-4(8)11-7-5(9)2-3-6(7)10;1-3-11(9,10)5-4-7-6(2)8;1-4(8)6-2-5(9)3-7;1-6-4(7)2-3-5(6)8;1-2-8(6,7)4-3-5;1-4(7)5-2-3-6;1-3-7-4(5)6-2;4-1-3(6)2-5;1-2(3)4;1-2-3;2-1(3,4)5;/h2-5H,1H3;3*2-3H2,1H3;3H,1,4-5H2,2H3,(H,7,8);5,7,9H,2-3H2,1H3,(H,6,8);2-3H2,1H3;2H,1,3-5H2;3H,2H2,1H3,(H,5,7);3H2,1-2H3;3,5-6H,1-2,4H2;1H3,(H,3,4);3H,2H2,1H3;;/q;;;;;;;;;;;;;-1;+1. The molecule has 0 aliphatic carbocycles. The second kappa shape index (κ2) is 75.4. The Kier molecular flexibility index (Phi) is 83.9. The van der Waals surface area contributed by atoms with Gasteiger partial charge in [0.25, 0.3) is 47.1 Å². The number of nitrogens with zero attached hydrogens (tertiary/aromatic N) is 5. The molecule has 5 rings (SSSR count). The number of nitro groups is 1. The zero-order chi connectivity index (χ0) is 89.0. The van der Waals surface area contributed by atoms with Gasteiger partial charge in [0.05, 0.1) is 62.1 Å². The number of aldehydes is 1. The fourth-order valence-electron chi connectivity index (χ4n) is 5.18. The number of nitro benzene ring substituents is 1. The van der Waals surface area contributed by atoms with Crippen LogP contribution in [0.1, 0.15) is 119 Å². The van der Waals surface area contributed by atoms with Gasteiger partial charge in [-0.1, -0.05) is 30.9 Å². The molecule has 0 bridgehead atoms. The number of imide groups is 4. The number of sulfone groups is 2. The Morgan fingerprint density at radius 2 is 0.893 bits per heavy atom. The average Bonchev–Trinajstić information content (AvgIpc) is 1.74. The van der Waals surface area contributed by atoms with E-state index in [1.165, 1.54) is 52.0 Å². The smallest absolute Gasteiger partial charge is 0.481 e. The molecule has 2 atom stereocenters. The van der Waals surface area contributed by atoms with Crippen molar-refractivity contribution in [1.82, 2.24) is 36.0 Å². The van der Waals surface area contributed by atoms with Crippen LogP contribution in [0.2, 0.25) is 0 Å². The fourth-order valence-corrected chi connectivity index (χ4v) is 6.23. The molecule has 4 fully saturated rings. The molecule has 48 nitrogen and oxygen atoms in total. The van der Waals surface area contributed by atoms with Gasteiger partial charge in [0.15, 0.2) is 19.7 Å². The van der Waals surface area contributed by atoms with Crippen LogP contribution in [0.5, 0.6) is 0 Å². The SMILES string of the molecule is C=CS(=O)(=O)CCN.C=CS(=O)(=O)CCNC(C)=O.CC(=O)NCC(O)CO.CC(=O)NCC=O.CC(=O)O.CC(=O)ON1C(=O)CCC1=O.CC(=O)ON1C(=O)CCC1=O.CC(=O)ON1C(=O)CCC1=O.CCO.CCOC(=O)OC.CN1C(=O)CCC1=O.Cc1ccc([N+](=O)[O-])cc1.NCC(O)CO.[K+].[O-][I+3]([O-])([O-])[O-]. The summed E-state index contributed by atoms with van der Waals surface area (Å²) in [6, 6.07) is 6.43. The quantitative estimate of drug-likeness (QED) is 0.0117. The van der Waals surface area contributed by atoms with E-state index in [2.05, 4.69) is 53.1 Å². The first kappa shape index (κ1) is 125. The molecule has 11 amide bonds. The summed E-state index contributed by atoms with van der Waals surface area (Å²) >= 11 is -5.94. The summed E-state index contributed by atoms with van der Waals surface area (Å²) < 4.78 is 85.2. The van der Waals surface area contributed by atoms with Gasteiger partial charge in [-0.2, -0.15) is 0 Å². The van der Waals surface area contributed by atoms with Crippen molar-refractivity contribution in [1.29, 1.82) is 0 Å². The first-order valence-corrected chi connectivity index (χ1v) is 38.1. The van der Waals surface area contributed by atoms with Crippen molar-refractivity contribution >= 4 is 127 Å². The first-order valence-electron chi connectivity index (χ1n) is 31.2. The number of nitrogens with one attached hydrogen (secondary N) is 3. The summed E-state index contributed by atoms with van der Waals surface area (Å²) in [6.45, 7) is 20.8. The van der Waals surface area contributed by atoms with Crippen molar-refractivity contribution in [2.24, 2.45) is 11.5 Å². The van der Waals surface area contributed by atoms with Crippen molar-refractivity contribution in [3.8, 4) is 0 Å². The van der Waals surface area contributed by atoms with Crippen LogP contribution >= 0.6 is 0 Å². The molecular formula is C60H100IKN10O38S2. The van der Waals surface area contributed by atoms with Crippen LogP contribution in [0.25, 0.3) is 0 Å².